The van der Waals surface area contributed by atoms with Crippen LogP contribution < -0.4 is 5.32 Å². The third-order valence-electron chi connectivity index (χ3n) is 4.28. The minimum absolute atomic E-state index is 0.127. The van der Waals surface area contributed by atoms with Crippen molar-refractivity contribution in [3.63, 3.8) is 0 Å². The third kappa shape index (κ3) is 6.12. The zero-order chi connectivity index (χ0) is 15.4. The molecule has 0 saturated heterocycles. The Morgan fingerprint density at radius 1 is 1.20 bits per heavy atom. The fourth-order valence-corrected chi connectivity index (χ4v) is 2.75. The maximum atomic E-state index is 12.0. The average molecular weight is 285 g/mol. The van der Waals surface area contributed by atoms with Crippen LogP contribution >= 0.6 is 0 Å². The molecule has 4 nitrogen and oxygen atoms in total. The number of amides is 1. The number of aliphatic hydroxyl groups excluding tert-OH is 1. The number of rotatable bonds is 5. The first-order valence-electron chi connectivity index (χ1n) is 7.83. The Labute approximate surface area is 123 Å². The number of aliphatic hydroxyl groups is 1. The summed E-state index contributed by atoms with van der Waals surface area (Å²) in [5.74, 6) is 0.577. The van der Waals surface area contributed by atoms with Crippen LogP contribution in [0.25, 0.3) is 0 Å². The second-order valence-electron chi connectivity index (χ2n) is 7.39. The lowest BCUT2D eigenvalue weighted by Gasteiger charge is -2.34. The van der Waals surface area contributed by atoms with Crippen LogP contribution in [0.2, 0.25) is 0 Å². The van der Waals surface area contributed by atoms with Gasteiger partial charge < -0.3 is 15.2 Å². The van der Waals surface area contributed by atoms with Crippen molar-refractivity contribution in [3.8, 4) is 0 Å². The van der Waals surface area contributed by atoms with Gasteiger partial charge in [-0.15, -0.1) is 0 Å². The van der Waals surface area contributed by atoms with Crippen molar-refractivity contribution in [2.45, 2.75) is 90.4 Å². The first-order valence-corrected chi connectivity index (χ1v) is 7.83. The summed E-state index contributed by atoms with van der Waals surface area (Å²) in [6.07, 6.45) is 5.12. The van der Waals surface area contributed by atoms with Crippen LogP contribution in [0.5, 0.6) is 0 Å². The normalized spacial score (nSPS) is 24.3. The van der Waals surface area contributed by atoms with E-state index in [0.29, 0.717) is 5.92 Å². The molecule has 0 aromatic rings. The molecule has 118 valence electrons. The van der Waals surface area contributed by atoms with Crippen LogP contribution in [-0.4, -0.2) is 28.4 Å². The molecule has 1 rings (SSSR count). The van der Waals surface area contributed by atoms with Gasteiger partial charge in [-0.2, -0.15) is 0 Å². The van der Waals surface area contributed by atoms with Crippen molar-refractivity contribution in [3.05, 3.63) is 0 Å². The number of nitrogens with one attached hydrogen (secondary N) is 1. The van der Waals surface area contributed by atoms with Gasteiger partial charge in [0, 0.05) is 5.54 Å². The summed E-state index contributed by atoms with van der Waals surface area (Å²) in [7, 11) is 0. The van der Waals surface area contributed by atoms with E-state index in [2.05, 4.69) is 5.32 Å². The molecule has 1 amide bonds. The molecule has 0 aromatic heterocycles. The Hall–Kier alpha value is -0.770. The number of ether oxygens (including phenoxy) is 1. The van der Waals surface area contributed by atoms with Gasteiger partial charge in [-0.05, 0) is 72.1 Å². The zero-order valence-corrected chi connectivity index (χ0v) is 13.7. The molecule has 0 radical (unpaired) electrons. The topological polar surface area (TPSA) is 58.6 Å². The number of alkyl carbamates (subject to hydrolysis) is 1. The zero-order valence-electron chi connectivity index (χ0n) is 13.7. The van der Waals surface area contributed by atoms with Gasteiger partial charge >= 0.3 is 6.09 Å². The third-order valence-corrected chi connectivity index (χ3v) is 4.28. The Morgan fingerprint density at radius 2 is 1.75 bits per heavy atom. The highest BCUT2D eigenvalue weighted by Crippen LogP contribution is 2.30. The molecule has 4 heteroatoms. The molecule has 1 aliphatic carbocycles. The molecular weight excluding hydrogens is 254 g/mol. The van der Waals surface area contributed by atoms with E-state index in [1.54, 1.807) is 0 Å². The molecule has 0 atom stereocenters. The molecule has 0 unspecified atom stereocenters. The van der Waals surface area contributed by atoms with Crippen LogP contribution in [0, 0.1) is 5.92 Å². The minimum atomic E-state index is -0.422. The van der Waals surface area contributed by atoms with Gasteiger partial charge in [0.15, 0.2) is 0 Å². The quantitative estimate of drug-likeness (QED) is 0.811. The molecule has 0 aromatic carbocycles. The highest BCUT2D eigenvalue weighted by molar-refractivity contribution is 5.68. The molecule has 0 heterocycles. The monoisotopic (exact) mass is 285 g/mol. The summed E-state index contributed by atoms with van der Waals surface area (Å²) in [6.45, 7) is 9.92. The smallest absolute Gasteiger partial charge is 0.408 e. The van der Waals surface area contributed by atoms with Crippen LogP contribution in [0.4, 0.5) is 4.79 Å². The van der Waals surface area contributed by atoms with Crippen LogP contribution in [0.3, 0.4) is 0 Å². The van der Waals surface area contributed by atoms with Crippen molar-refractivity contribution < 1.29 is 14.6 Å². The van der Waals surface area contributed by atoms with Crippen molar-refractivity contribution in [1.82, 2.24) is 5.32 Å². The van der Waals surface area contributed by atoms with E-state index < -0.39 is 5.60 Å². The fourth-order valence-electron chi connectivity index (χ4n) is 2.75. The summed E-state index contributed by atoms with van der Waals surface area (Å²) in [5.41, 5.74) is -0.691. The Balaban J connectivity index is 2.42. The second-order valence-corrected chi connectivity index (χ2v) is 7.39. The van der Waals surface area contributed by atoms with Crippen molar-refractivity contribution in [2.24, 2.45) is 5.92 Å². The van der Waals surface area contributed by atoms with E-state index >= 15 is 0 Å². The molecule has 2 N–H and O–H groups in total. The highest BCUT2D eigenvalue weighted by Gasteiger charge is 2.30. The van der Waals surface area contributed by atoms with Gasteiger partial charge in [0.05, 0.1) is 6.10 Å². The summed E-state index contributed by atoms with van der Waals surface area (Å²) < 4.78 is 5.44. The summed E-state index contributed by atoms with van der Waals surface area (Å²) in [4.78, 5) is 12.0. The first-order chi connectivity index (χ1) is 9.13. The SMILES string of the molecule is CCC(C)(C)OC(=O)NC(C)(C)CC1CCC(O)CC1. The highest BCUT2D eigenvalue weighted by atomic mass is 16.6. The van der Waals surface area contributed by atoms with E-state index in [1.165, 1.54) is 0 Å². The molecule has 0 bridgehead atoms. The maximum Gasteiger partial charge on any atom is 0.408 e. The Morgan fingerprint density at radius 3 is 2.25 bits per heavy atom. The first kappa shape index (κ1) is 17.3. The van der Waals surface area contributed by atoms with Gasteiger partial charge in [0.1, 0.15) is 5.60 Å². The van der Waals surface area contributed by atoms with E-state index in [0.717, 1.165) is 38.5 Å². The molecule has 1 fully saturated rings. The lowest BCUT2D eigenvalue weighted by atomic mass is 9.80. The van der Waals surface area contributed by atoms with Crippen molar-refractivity contribution in [2.75, 3.05) is 0 Å². The van der Waals surface area contributed by atoms with Gasteiger partial charge in [0.2, 0.25) is 0 Å². The predicted molar refractivity (Wildman–Crippen MR) is 80.6 cm³/mol. The molecule has 20 heavy (non-hydrogen) atoms. The molecule has 0 aliphatic heterocycles. The lowest BCUT2D eigenvalue weighted by Crippen LogP contribution is -2.47. The van der Waals surface area contributed by atoms with Gasteiger partial charge in [0.25, 0.3) is 0 Å². The lowest BCUT2D eigenvalue weighted by molar-refractivity contribution is 0.0292. The Kier molecular flexibility index (Phi) is 5.87. The standard InChI is InChI=1S/C16H31NO3/c1-6-16(4,5)20-14(19)17-15(2,3)11-12-7-9-13(18)10-8-12/h12-13,18H,6-11H2,1-5H3,(H,17,19). The maximum absolute atomic E-state index is 12.0. The van der Waals surface area contributed by atoms with Crippen molar-refractivity contribution >= 4 is 6.09 Å². The van der Waals surface area contributed by atoms with Gasteiger partial charge in [-0.3, -0.25) is 0 Å². The Bertz CT molecular complexity index is 318. The molecular formula is C16H31NO3. The van der Waals surface area contributed by atoms with Crippen LogP contribution in [0.15, 0.2) is 0 Å². The summed E-state index contributed by atoms with van der Waals surface area (Å²) in [5, 5.41) is 12.5. The van der Waals surface area contributed by atoms with E-state index in [9.17, 15) is 9.90 Å². The summed E-state index contributed by atoms with van der Waals surface area (Å²) in [6, 6.07) is 0. The fraction of sp³-hybridized carbons (Fsp3) is 0.938. The number of carbonyl (C=O) groups is 1. The number of hydrogen-bond donors (Lipinski definition) is 2. The van der Waals surface area contributed by atoms with Gasteiger partial charge in [-0.1, -0.05) is 6.92 Å². The predicted octanol–water partition coefficient (Wildman–Crippen LogP) is 3.62. The van der Waals surface area contributed by atoms with Crippen LogP contribution in [-0.2, 0) is 4.74 Å². The number of carbonyl (C=O) groups excluding carboxylic acids is 1. The number of hydrogen-bond acceptors (Lipinski definition) is 3. The molecule has 1 saturated carbocycles. The van der Waals surface area contributed by atoms with E-state index in [1.807, 2.05) is 34.6 Å². The van der Waals surface area contributed by atoms with E-state index in [-0.39, 0.29) is 17.7 Å². The van der Waals surface area contributed by atoms with Gasteiger partial charge in [-0.25, -0.2) is 4.79 Å². The second kappa shape index (κ2) is 6.79. The van der Waals surface area contributed by atoms with Crippen molar-refractivity contribution in [1.29, 1.82) is 0 Å². The molecule has 1 aliphatic rings. The largest absolute Gasteiger partial charge is 0.444 e. The molecule has 0 spiro atoms. The van der Waals surface area contributed by atoms with E-state index in [4.69, 9.17) is 4.74 Å². The average Bonchev–Trinajstić information content (AvgIpc) is 2.30. The van der Waals surface area contributed by atoms with Crippen LogP contribution in [0.1, 0.15) is 73.1 Å². The minimum Gasteiger partial charge on any atom is -0.444 e. The summed E-state index contributed by atoms with van der Waals surface area (Å²) >= 11 is 0.